The van der Waals surface area contributed by atoms with Gasteiger partial charge in [0.15, 0.2) is 6.04 Å². The summed E-state index contributed by atoms with van der Waals surface area (Å²) in [6.07, 6.45) is -0.818. The van der Waals surface area contributed by atoms with Crippen molar-refractivity contribution in [3.63, 3.8) is 0 Å². The van der Waals surface area contributed by atoms with E-state index in [9.17, 15) is 14.7 Å². The number of carboxylic acid groups (broad SMARTS) is 2. The molecule has 25 heavy (non-hydrogen) atoms. The first-order chi connectivity index (χ1) is 11.4. The Labute approximate surface area is 150 Å². The predicted molar refractivity (Wildman–Crippen MR) is 91.1 cm³/mol. The molecule has 0 radical (unpaired) electrons. The zero-order valence-corrected chi connectivity index (χ0v) is 15.4. The first kappa shape index (κ1) is 22.5. The van der Waals surface area contributed by atoms with Crippen LogP contribution in [-0.4, -0.2) is 41.0 Å². The summed E-state index contributed by atoms with van der Waals surface area (Å²) in [4.78, 5) is 32.0. The molecule has 0 heterocycles. The number of hydrogen-bond donors (Lipinski definition) is 3. The zero-order chi connectivity index (χ0) is 19.8. The molecule has 0 aliphatic heterocycles. The van der Waals surface area contributed by atoms with Gasteiger partial charge in [-0.3, -0.25) is 4.79 Å². The van der Waals surface area contributed by atoms with Crippen LogP contribution in [-0.2, 0) is 14.3 Å². The standard InChI is InChI=1S/C14H18ClNO5.C2H4O2/c1-14(2,3)21-13(19)16-11(12(17)18)8-5-6-10(20-4)9(15)7-8;1-2(3)4/h5-7,11H,1-4H3,(H,16,19)(H,17,18);1H3,(H,3,4). The third-order valence-corrected chi connectivity index (χ3v) is 2.71. The number of benzene rings is 1. The van der Waals surface area contributed by atoms with Gasteiger partial charge < -0.3 is 25.0 Å². The molecule has 9 heteroatoms. The topological polar surface area (TPSA) is 122 Å². The molecule has 0 aliphatic carbocycles. The van der Waals surface area contributed by atoms with Crippen molar-refractivity contribution < 1.29 is 34.1 Å². The summed E-state index contributed by atoms with van der Waals surface area (Å²) < 4.78 is 10.0. The van der Waals surface area contributed by atoms with E-state index in [1.807, 2.05) is 0 Å². The lowest BCUT2D eigenvalue weighted by atomic mass is 10.1. The van der Waals surface area contributed by atoms with Crippen LogP contribution in [0.5, 0.6) is 5.75 Å². The molecule has 1 atom stereocenters. The van der Waals surface area contributed by atoms with Gasteiger partial charge in [0.25, 0.3) is 5.97 Å². The van der Waals surface area contributed by atoms with Gasteiger partial charge in [0.1, 0.15) is 11.4 Å². The van der Waals surface area contributed by atoms with Crippen LogP contribution >= 0.6 is 11.6 Å². The van der Waals surface area contributed by atoms with Crippen LogP contribution < -0.4 is 10.1 Å². The Kier molecular flexibility index (Phi) is 8.76. The molecular weight excluding hydrogens is 354 g/mol. The number of amides is 1. The van der Waals surface area contributed by atoms with E-state index >= 15 is 0 Å². The number of nitrogens with one attached hydrogen (secondary N) is 1. The maximum atomic E-state index is 11.7. The summed E-state index contributed by atoms with van der Waals surface area (Å²) in [5, 5.41) is 19.2. The minimum absolute atomic E-state index is 0.257. The van der Waals surface area contributed by atoms with Gasteiger partial charge in [0.2, 0.25) is 0 Å². The molecule has 1 amide bonds. The number of alkyl carbamates (subject to hydrolysis) is 1. The van der Waals surface area contributed by atoms with E-state index in [1.54, 1.807) is 20.8 Å². The summed E-state index contributed by atoms with van der Waals surface area (Å²) in [5.41, 5.74) is -0.399. The van der Waals surface area contributed by atoms with Crippen LogP contribution in [0, 0.1) is 0 Å². The number of rotatable bonds is 4. The van der Waals surface area contributed by atoms with Gasteiger partial charge in [-0.1, -0.05) is 17.7 Å². The summed E-state index contributed by atoms with van der Waals surface area (Å²) in [5.74, 6) is -1.64. The first-order valence-corrected chi connectivity index (χ1v) is 7.50. The molecule has 0 saturated carbocycles. The smallest absolute Gasteiger partial charge is 0.408 e. The molecule has 0 fully saturated rings. The van der Waals surface area contributed by atoms with Gasteiger partial charge in [-0.25, -0.2) is 9.59 Å². The highest BCUT2D eigenvalue weighted by Crippen LogP contribution is 2.28. The number of carbonyl (C=O) groups is 3. The van der Waals surface area contributed by atoms with Crippen molar-refractivity contribution in [2.24, 2.45) is 0 Å². The average molecular weight is 376 g/mol. The van der Waals surface area contributed by atoms with E-state index in [-0.39, 0.29) is 5.02 Å². The maximum Gasteiger partial charge on any atom is 0.408 e. The summed E-state index contributed by atoms with van der Waals surface area (Å²) >= 11 is 5.96. The van der Waals surface area contributed by atoms with Crippen LogP contribution in [0.25, 0.3) is 0 Å². The number of aliphatic carboxylic acids is 2. The number of carbonyl (C=O) groups excluding carboxylic acids is 1. The minimum atomic E-state index is -1.26. The van der Waals surface area contributed by atoms with E-state index < -0.39 is 29.7 Å². The third kappa shape index (κ3) is 9.41. The van der Waals surface area contributed by atoms with Crippen molar-refractivity contribution in [1.29, 1.82) is 0 Å². The quantitative estimate of drug-likeness (QED) is 0.738. The van der Waals surface area contributed by atoms with Gasteiger partial charge in [0.05, 0.1) is 12.1 Å². The van der Waals surface area contributed by atoms with Crippen LogP contribution in [0.2, 0.25) is 5.02 Å². The Morgan fingerprint density at radius 3 is 2.08 bits per heavy atom. The van der Waals surface area contributed by atoms with Gasteiger partial charge in [0, 0.05) is 6.92 Å². The number of halogens is 1. The van der Waals surface area contributed by atoms with Crippen molar-refractivity contribution in [3.8, 4) is 5.75 Å². The Bertz CT molecular complexity index is 621. The highest BCUT2D eigenvalue weighted by Gasteiger charge is 2.26. The van der Waals surface area contributed by atoms with Crippen LogP contribution in [0.1, 0.15) is 39.3 Å². The maximum absolute atomic E-state index is 11.7. The number of hydrogen-bond acceptors (Lipinski definition) is 5. The second-order valence-corrected chi connectivity index (χ2v) is 6.24. The lowest BCUT2D eigenvalue weighted by Gasteiger charge is -2.22. The molecule has 8 nitrogen and oxygen atoms in total. The average Bonchev–Trinajstić information content (AvgIpc) is 2.41. The van der Waals surface area contributed by atoms with Crippen molar-refractivity contribution in [2.45, 2.75) is 39.3 Å². The van der Waals surface area contributed by atoms with Crippen molar-refractivity contribution in [3.05, 3.63) is 28.8 Å². The third-order valence-electron chi connectivity index (χ3n) is 2.42. The van der Waals surface area contributed by atoms with Crippen LogP contribution in [0.3, 0.4) is 0 Å². The number of ether oxygens (including phenoxy) is 2. The molecule has 140 valence electrons. The van der Waals surface area contributed by atoms with Crippen LogP contribution in [0.15, 0.2) is 18.2 Å². The Hall–Kier alpha value is -2.48. The Morgan fingerprint density at radius 1 is 1.20 bits per heavy atom. The lowest BCUT2D eigenvalue weighted by Crippen LogP contribution is -2.38. The van der Waals surface area contributed by atoms with E-state index in [1.165, 1.54) is 25.3 Å². The van der Waals surface area contributed by atoms with Gasteiger partial charge in [-0.05, 0) is 38.5 Å². The predicted octanol–water partition coefficient (Wildman–Crippen LogP) is 3.09. The molecule has 0 aliphatic rings. The minimum Gasteiger partial charge on any atom is -0.495 e. The first-order valence-electron chi connectivity index (χ1n) is 7.12. The summed E-state index contributed by atoms with van der Waals surface area (Å²) in [7, 11) is 1.45. The van der Waals surface area contributed by atoms with E-state index in [0.29, 0.717) is 11.3 Å². The van der Waals surface area contributed by atoms with Crippen molar-refractivity contribution in [1.82, 2.24) is 5.32 Å². The Balaban J connectivity index is 0.00000129. The molecule has 1 aromatic rings. The highest BCUT2D eigenvalue weighted by molar-refractivity contribution is 6.32. The molecule has 0 bridgehead atoms. The zero-order valence-electron chi connectivity index (χ0n) is 14.6. The van der Waals surface area contributed by atoms with Crippen molar-refractivity contribution in [2.75, 3.05) is 7.11 Å². The molecule has 0 saturated heterocycles. The van der Waals surface area contributed by atoms with E-state index in [0.717, 1.165) is 6.92 Å². The summed E-state index contributed by atoms with van der Waals surface area (Å²) in [6.45, 7) is 6.14. The molecule has 1 unspecified atom stereocenters. The van der Waals surface area contributed by atoms with Gasteiger partial charge >= 0.3 is 12.1 Å². The molecule has 1 rings (SSSR count). The Morgan fingerprint density at radius 2 is 1.72 bits per heavy atom. The monoisotopic (exact) mass is 375 g/mol. The molecule has 1 aromatic carbocycles. The van der Waals surface area contributed by atoms with Crippen LogP contribution in [0.4, 0.5) is 4.79 Å². The molecular formula is C16H22ClNO7. The van der Waals surface area contributed by atoms with Gasteiger partial charge in [-0.15, -0.1) is 0 Å². The second-order valence-electron chi connectivity index (χ2n) is 5.83. The number of methoxy groups -OCH3 is 1. The largest absolute Gasteiger partial charge is 0.495 e. The fourth-order valence-corrected chi connectivity index (χ4v) is 1.84. The van der Waals surface area contributed by atoms with Crippen molar-refractivity contribution >= 4 is 29.6 Å². The highest BCUT2D eigenvalue weighted by atomic mass is 35.5. The van der Waals surface area contributed by atoms with E-state index in [4.69, 9.17) is 31.0 Å². The van der Waals surface area contributed by atoms with Gasteiger partial charge in [-0.2, -0.15) is 0 Å². The summed E-state index contributed by atoms with van der Waals surface area (Å²) in [6, 6.07) is 3.21. The number of carboxylic acids is 2. The van der Waals surface area contributed by atoms with E-state index in [2.05, 4.69) is 5.32 Å². The molecule has 0 aromatic heterocycles. The normalized spacial score (nSPS) is 11.4. The SMILES string of the molecule is CC(=O)O.COc1ccc(C(NC(=O)OC(C)(C)C)C(=O)O)cc1Cl. The molecule has 0 spiro atoms. The fourth-order valence-electron chi connectivity index (χ4n) is 1.58. The molecule has 3 N–H and O–H groups in total. The fraction of sp³-hybridized carbons (Fsp3) is 0.438. The lowest BCUT2D eigenvalue weighted by molar-refractivity contribution is -0.139. The second kappa shape index (κ2) is 9.73.